The van der Waals surface area contributed by atoms with Gasteiger partial charge in [0.1, 0.15) is 23.7 Å². The second-order valence-electron chi connectivity index (χ2n) is 6.19. The first-order chi connectivity index (χ1) is 14.3. The van der Waals surface area contributed by atoms with E-state index in [9.17, 15) is 18.3 Å². The van der Waals surface area contributed by atoms with Crippen molar-refractivity contribution in [1.82, 2.24) is 10.2 Å². The predicted molar refractivity (Wildman–Crippen MR) is 105 cm³/mol. The molecular weight excluding hydrogens is 421 g/mol. The van der Waals surface area contributed by atoms with E-state index in [1.165, 1.54) is 12.1 Å². The lowest BCUT2D eigenvalue weighted by Gasteiger charge is -2.12. The zero-order chi connectivity index (χ0) is 21.7. The van der Waals surface area contributed by atoms with E-state index < -0.39 is 11.9 Å². The van der Waals surface area contributed by atoms with Crippen molar-refractivity contribution >= 4 is 11.6 Å². The molecule has 0 amide bonds. The highest BCUT2D eigenvalue weighted by atomic mass is 35.5. The Hall–Kier alpha value is -3.15. The second kappa shape index (κ2) is 9.11. The van der Waals surface area contributed by atoms with Crippen molar-refractivity contribution < 1.29 is 28.1 Å². The summed E-state index contributed by atoms with van der Waals surface area (Å²) >= 11 is 5.86. The SMILES string of the molecule is OCCC#Cc1c(OCc2ccc(Cl)cc2)ccc(-c2cc(C(F)(F)F)n[nH]2)c1O. The van der Waals surface area contributed by atoms with Crippen LogP contribution in [0.25, 0.3) is 11.3 Å². The zero-order valence-corrected chi connectivity index (χ0v) is 16.2. The molecule has 2 aromatic carbocycles. The fraction of sp³-hybridized carbons (Fsp3) is 0.190. The van der Waals surface area contributed by atoms with Gasteiger partial charge in [0.25, 0.3) is 0 Å². The number of benzene rings is 2. The number of nitrogens with zero attached hydrogens (tertiary/aromatic N) is 1. The van der Waals surface area contributed by atoms with Crippen LogP contribution in [-0.4, -0.2) is 27.0 Å². The second-order valence-corrected chi connectivity index (χ2v) is 6.63. The lowest BCUT2D eigenvalue weighted by molar-refractivity contribution is -0.141. The lowest BCUT2D eigenvalue weighted by atomic mass is 10.0. The standard InChI is InChI=1S/C21H16ClF3N2O3/c22-14-6-4-13(5-7-14)12-30-18-9-8-15(20(29)16(18)3-1-2-10-28)17-11-19(27-26-17)21(23,24)25/h4-9,11,28-29H,2,10,12H2,(H,26,27). The van der Waals surface area contributed by atoms with Crippen LogP contribution >= 0.6 is 11.6 Å². The number of nitrogens with one attached hydrogen (secondary N) is 1. The number of hydrogen-bond acceptors (Lipinski definition) is 4. The first-order valence-corrected chi connectivity index (χ1v) is 9.13. The lowest BCUT2D eigenvalue weighted by Crippen LogP contribution is -2.04. The molecule has 0 fully saturated rings. The summed E-state index contributed by atoms with van der Waals surface area (Å²) in [5, 5.41) is 25.7. The molecule has 0 saturated carbocycles. The highest BCUT2D eigenvalue weighted by Crippen LogP contribution is 2.38. The van der Waals surface area contributed by atoms with E-state index in [0.717, 1.165) is 11.6 Å². The molecule has 3 N–H and O–H groups in total. The summed E-state index contributed by atoms with van der Waals surface area (Å²) in [7, 11) is 0. The van der Waals surface area contributed by atoms with Gasteiger partial charge in [-0.2, -0.15) is 18.3 Å². The molecule has 0 radical (unpaired) electrons. The van der Waals surface area contributed by atoms with Crippen LogP contribution in [0.2, 0.25) is 5.02 Å². The number of phenols is 1. The largest absolute Gasteiger partial charge is 0.506 e. The quantitative estimate of drug-likeness (QED) is 0.503. The van der Waals surface area contributed by atoms with Crippen molar-refractivity contribution in [3.05, 3.63) is 64.3 Å². The van der Waals surface area contributed by atoms with Gasteiger partial charge in [-0.1, -0.05) is 35.6 Å². The molecule has 0 atom stereocenters. The van der Waals surface area contributed by atoms with Crippen LogP contribution in [0.15, 0.2) is 42.5 Å². The summed E-state index contributed by atoms with van der Waals surface area (Å²) in [6.45, 7) is -0.0170. The molecule has 0 aliphatic carbocycles. The van der Waals surface area contributed by atoms with Gasteiger partial charge in [-0.15, -0.1) is 0 Å². The van der Waals surface area contributed by atoms with Crippen LogP contribution in [-0.2, 0) is 12.8 Å². The van der Waals surface area contributed by atoms with E-state index in [2.05, 4.69) is 22.0 Å². The number of ether oxygens (including phenoxy) is 1. The summed E-state index contributed by atoms with van der Waals surface area (Å²) in [5.74, 6) is 5.28. The van der Waals surface area contributed by atoms with Gasteiger partial charge in [0, 0.05) is 17.0 Å². The monoisotopic (exact) mass is 436 g/mol. The third-order valence-corrected chi connectivity index (χ3v) is 4.31. The normalized spacial score (nSPS) is 11.1. The van der Waals surface area contributed by atoms with E-state index in [4.69, 9.17) is 21.4 Å². The first kappa shape index (κ1) is 21.6. The maximum atomic E-state index is 12.8. The van der Waals surface area contributed by atoms with Gasteiger partial charge in [0.15, 0.2) is 5.69 Å². The minimum atomic E-state index is -4.62. The molecule has 3 aromatic rings. The van der Waals surface area contributed by atoms with Crippen molar-refractivity contribution in [2.24, 2.45) is 0 Å². The molecule has 0 spiro atoms. The number of aromatic hydroxyl groups is 1. The number of phenolic OH excluding ortho intramolecular Hbond substituents is 1. The van der Waals surface area contributed by atoms with E-state index in [-0.39, 0.29) is 48.0 Å². The topological polar surface area (TPSA) is 78.4 Å². The number of aromatic amines is 1. The van der Waals surface area contributed by atoms with Gasteiger partial charge in [-0.25, -0.2) is 0 Å². The minimum Gasteiger partial charge on any atom is -0.506 e. The summed E-state index contributed by atoms with van der Waals surface area (Å²) in [5.41, 5.74) is -0.119. The molecule has 5 nitrogen and oxygen atoms in total. The molecule has 0 bridgehead atoms. The number of H-pyrrole nitrogens is 1. The average Bonchev–Trinajstić information content (AvgIpc) is 3.20. The molecule has 9 heteroatoms. The van der Waals surface area contributed by atoms with E-state index in [1.807, 2.05) is 0 Å². The van der Waals surface area contributed by atoms with Gasteiger partial charge >= 0.3 is 6.18 Å². The zero-order valence-electron chi connectivity index (χ0n) is 15.4. The minimum absolute atomic E-state index is 0.0192. The molecule has 0 saturated heterocycles. The maximum Gasteiger partial charge on any atom is 0.435 e. The van der Waals surface area contributed by atoms with Crippen LogP contribution in [0.1, 0.15) is 23.2 Å². The third kappa shape index (κ3) is 5.06. The van der Waals surface area contributed by atoms with Crippen molar-refractivity contribution in [2.75, 3.05) is 6.61 Å². The molecule has 0 unspecified atom stereocenters. The summed E-state index contributed by atoms with van der Waals surface area (Å²) in [6.07, 6.45) is -4.46. The number of aliphatic hydroxyl groups excluding tert-OH is 1. The number of aromatic nitrogens is 2. The highest BCUT2D eigenvalue weighted by Gasteiger charge is 2.34. The van der Waals surface area contributed by atoms with Gasteiger partial charge in [0.2, 0.25) is 0 Å². The van der Waals surface area contributed by atoms with E-state index >= 15 is 0 Å². The van der Waals surface area contributed by atoms with Crippen LogP contribution in [0.5, 0.6) is 11.5 Å². The molecule has 30 heavy (non-hydrogen) atoms. The average molecular weight is 437 g/mol. The van der Waals surface area contributed by atoms with Crippen LogP contribution < -0.4 is 4.74 Å². The van der Waals surface area contributed by atoms with Gasteiger partial charge < -0.3 is 14.9 Å². The molecule has 156 valence electrons. The van der Waals surface area contributed by atoms with Crippen LogP contribution in [0, 0.1) is 11.8 Å². The Morgan fingerprint density at radius 2 is 1.87 bits per heavy atom. The summed E-state index contributed by atoms with van der Waals surface area (Å²) in [6, 6.07) is 10.7. The molecule has 0 aliphatic heterocycles. The molecular formula is C21H16ClF3N2O3. The van der Waals surface area contributed by atoms with E-state index in [0.29, 0.717) is 5.02 Å². The Morgan fingerprint density at radius 1 is 1.13 bits per heavy atom. The highest BCUT2D eigenvalue weighted by molar-refractivity contribution is 6.30. The van der Waals surface area contributed by atoms with Gasteiger partial charge in [0.05, 0.1) is 12.3 Å². The number of aliphatic hydroxyl groups is 1. The Morgan fingerprint density at radius 3 is 2.50 bits per heavy atom. The van der Waals surface area contributed by atoms with Gasteiger partial charge in [-0.3, -0.25) is 5.10 Å². The third-order valence-electron chi connectivity index (χ3n) is 4.06. The molecule has 0 aliphatic rings. The van der Waals surface area contributed by atoms with Crippen molar-refractivity contribution in [3.8, 4) is 34.6 Å². The van der Waals surface area contributed by atoms with Crippen molar-refractivity contribution in [1.29, 1.82) is 0 Å². The van der Waals surface area contributed by atoms with Crippen LogP contribution in [0.4, 0.5) is 13.2 Å². The Bertz CT molecular complexity index is 1080. The first-order valence-electron chi connectivity index (χ1n) is 8.75. The molecule has 3 rings (SSSR count). The predicted octanol–water partition coefficient (Wildman–Crippen LogP) is 4.77. The number of rotatable bonds is 5. The molecule has 1 aromatic heterocycles. The Kier molecular flexibility index (Phi) is 6.55. The number of hydrogen-bond donors (Lipinski definition) is 3. The van der Waals surface area contributed by atoms with E-state index in [1.54, 1.807) is 24.3 Å². The van der Waals surface area contributed by atoms with Crippen molar-refractivity contribution in [3.63, 3.8) is 0 Å². The number of halogens is 4. The fourth-order valence-electron chi connectivity index (χ4n) is 2.58. The van der Waals surface area contributed by atoms with Gasteiger partial charge in [-0.05, 0) is 35.9 Å². The van der Waals surface area contributed by atoms with Crippen LogP contribution in [0.3, 0.4) is 0 Å². The number of alkyl halides is 3. The summed E-state index contributed by atoms with van der Waals surface area (Å²) < 4.78 is 44.3. The maximum absolute atomic E-state index is 12.8. The fourth-order valence-corrected chi connectivity index (χ4v) is 2.71. The smallest absolute Gasteiger partial charge is 0.435 e. The molecule has 1 heterocycles. The Labute approximate surface area is 175 Å². The summed E-state index contributed by atoms with van der Waals surface area (Å²) in [4.78, 5) is 0. The van der Waals surface area contributed by atoms with Crippen molar-refractivity contribution in [2.45, 2.75) is 19.2 Å². The Balaban J connectivity index is 1.95.